The van der Waals surface area contributed by atoms with Crippen LogP contribution in [0.5, 0.6) is 5.75 Å². The van der Waals surface area contributed by atoms with Crippen molar-refractivity contribution in [3.8, 4) is 16.9 Å². The Labute approximate surface area is 226 Å². The van der Waals surface area contributed by atoms with Crippen molar-refractivity contribution < 1.29 is 9.13 Å². The van der Waals surface area contributed by atoms with E-state index in [2.05, 4.69) is 0 Å². The van der Waals surface area contributed by atoms with Gasteiger partial charge in [0.2, 0.25) is 0 Å². The fourth-order valence-corrected chi connectivity index (χ4v) is 6.56. The van der Waals surface area contributed by atoms with Crippen LogP contribution in [-0.4, -0.2) is 22.0 Å². The summed E-state index contributed by atoms with van der Waals surface area (Å²) >= 11 is 14.3. The Morgan fingerprint density at radius 3 is 2.41 bits per heavy atom. The average Bonchev–Trinajstić information content (AvgIpc) is 3.32. The second-order valence-electron chi connectivity index (χ2n) is 8.55. The number of rotatable bonds is 6. The van der Waals surface area contributed by atoms with E-state index in [1.54, 1.807) is 24.3 Å². The first-order chi connectivity index (χ1) is 17.8. The number of thioether (sulfide) groups is 1. The van der Waals surface area contributed by atoms with E-state index < -0.39 is 29.1 Å². The second-order valence-corrected chi connectivity index (χ2v) is 10.4. The number of aromatic nitrogens is 2. The lowest BCUT2D eigenvalue weighted by Gasteiger charge is -2.21. The Hall–Kier alpha value is -3.04. The van der Waals surface area contributed by atoms with Crippen molar-refractivity contribution in [3.05, 3.63) is 115 Å². The fourth-order valence-electron chi connectivity index (χ4n) is 4.60. The minimum absolute atomic E-state index is 0.0110. The first-order valence-electron chi connectivity index (χ1n) is 11.4. The van der Waals surface area contributed by atoms with E-state index >= 15 is 4.39 Å². The Morgan fingerprint density at radius 1 is 1.05 bits per heavy atom. The molecule has 0 saturated heterocycles. The molecule has 1 aliphatic heterocycles. The van der Waals surface area contributed by atoms with Gasteiger partial charge in [-0.3, -0.25) is 13.9 Å². The molecule has 37 heavy (non-hydrogen) atoms. The SMILES string of the molecule is COc1cccc(-c2c3n(c(=O)n(CC(N)c4ccccc4)c2=O)C(c2c(Cl)cccc2Cl)CS3)c1F. The molecule has 6 nitrogen and oxygen atoms in total. The molecule has 2 N–H and O–H groups in total. The monoisotopic (exact) mass is 557 g/mol. The highest BCUT2D eigenvalue weighted by molar-refractivity contribution is 7.99. The standard InChI is InChI=1S/C27H22Cl2FN3O3S/c1-36-21-12-5-9-16(24(21)30)22-25(34)32(13-19(31)15-7-3-2-4-8-15)27(35)33-20(14-37-26(22)33)23-17(28)10-6-11-18(23)29/h2-12,19-20H,13-14,31H2,1H3. The van der Waals surface area contributed by atoms with Crippen molar-refractivity contribution in [1.29, 1.82) is 0 Å². The number of fused-ring (bicyclic) bond motifs is 1. The van der Waals surface area contributed by atoms with Crippen molar-refractivity contribution in [2.24, 2.45) is 5.73 Å². The summed E-state index contributed by atoms with van der Waals surface area (Å²) in [5, 5.41) is 1.13. The van der Waals surface area contributed by atoms with Crippen molar-refractivity contribution in [2.75, 3.05) is 12.9 Å². The predicted octanol–water partition coefficient (Wildman–Crippen LogP) is 5.53. The minimum atomic E-state index is -0.692. The van der Waals surface area contributed by atoms with Crippen molar-refractivity contribution in [1.82, 2.24) is 9.13 Å². The van der Waals surface area contributed by atoms with Crippen LogP contribution in [0.25, 0.3) is 11.1 Å². The maximum Gasteiger partial charge on any atom is 0.332 e. The minimum Gasteiger partial charge on any atom is -0.494 e. The van der Waals surface area contributed by atoms with Gasteiger partial charge in [0.25, 0.3) is 5.56 Å². The smallest absolute Gasteiger partial charge is 0.332 e. The molecular formula is C27H22Cl2FN3O3S. The van der Waals surface area contributed by atoms with E-state index in [4.69, 9.17) is 33.7 Å². The zero-order valence-corrected chi connectivity index (χ0v) is 22.0. The number of methoxy groups -OCH3 is 1. The maximum absolute atomic E-state index is 15.5. The normalized spacial score (nSPS) is 15.4. The van der Waals surface area contributed by atoms with Gasteiger partial charge in [0.1, 0.15) is 0 Å². The van der Waals surface area contributed by atoms with Crippen LogP contribution in [0.2, 0.25) is 10.0 Å². The summed E-state index contributed by atoms with van der Waals surface area (Å²) < 4.78 is 23.2. The van der Waals surface area contributed by atoms with Crippen molar-refractivity contribution in [3.63, 3.8) is 0 Å². The summed E-state index contributed by atoms with van der Waals surface area (Å²) in [7, 11) is 1.35. The lowest BCUT2D eigenvalue weighted by molar-refractivity contribution is 0.387. The number of ether oxygens (including phenoxy) is 1. The van der Waals surface area contributed by atoms with Crippen LogP contribution in [-0.2, 0) is 6.54 Å². The fraction of sp³-hybridized carbons (Fsp3) is 0.185. The van der Waals surface area contributed by atoms with E-state index in [0.717, 1.165) is 10.1 Å². The number of nitrogens with zero attached hydrogens (tertiary/aromatic N) is 2. The predicted molar refractivity (Wildman–Crippen MR) is 146 cm³/mol. The second kappa shape index (κ2) is 10.4. The summed E-state index contributed by atoms with van der Waals surface area (Å²) in [5.41, 5.74) is 6.64. The van der Waals surface area contributed by atoms with Crippen LogP contribution < -0.4 is 21.7 Å². The molecule has 10 heteroatoms. The largest absolute Gasteiger partial charge is 0.494 e. The van der Waals surface area contributed by atoms with Gasteiger partial charge in [-0.2, -0.15) is 0 Å². The summed E-state index contributed by atoms with van der Waals surface area (Å²) in [6.45, 7) is -0.103. The molecule has 4 aromatic rings. The zero-order chi connectivity index (χ0) is 26.3. The number of halogens is 3. The number of hydrogen-bond acceptors (Lipinski definition) is 5. The summed E-state index contributed by atoms with van der Waals surface area (Å²) in [5.74, 6) is -0.323. The molecule has 2 unspecified atom stereocenters. The highest BCUT2D eigenvalue weighted by Gasteiger charge is 2.35. The highest BCUT2D eigenvalue weighted by Crippen LogP contribution is 2.44. The van der Waals surface area contributed by atoms with Gasteiger partial charge in [-0.15, -0.1) is 11.8 Å². The molecule has 0 amide bonds. The topological polar surface area (TPSA) is 79.2 Å². The lowest BCUT2D eigenvalue weighted by Crippen LogP contribution is -2.44. The third-order valence-electron chi connectivity index (χ3n) is 6.41. The van der Waals surface area contributed by atoms with Crippen LogP contribution in [0.4, 0.5) is 4.39 Å². The molecule has 2 atom stereocenters. The van der Waals surface area contributed by atoms with Crippen molar-refractivity contribution in [2.45, 2.75) is 23.7 Å². The van der Waals surface area contributed by atoms with Gasteiger partial charge in [0.05, 0.1) is 30.3 Å². The molecule has 0 aliphatic carbocycles. The average molecular weight is 558 g/mol. The van der Waals surface area contributed by atoms with Crippen LogP contribution in [0.3, 0.4) is 0 Å². The van der Waals surface area contributed by atoms with Crippen LogP contribution in [0, 0.1) is 5.82 Å². The van der Waals surface area contributed by atoms with E-state index in [-0.39, 0.29) is 23.4 Å². The van der Waals surface area contributed by atoms with E-state index in [1.165, 1.54) is 35.6 Å². The van der Waals surface area contributed by atoms with Crippen molar-refractivity contribution >= 4 is 35.0 Å². The third kappa shape index (κ3) is 4.48. The van der Waals surface area contributed by atoms with E-state index in [1.807, 2.05) is 30.3 Å². The molecule has 0 bridgehead atoms. The molecule has 190 valence electrons. The zero-order valence-electron chi connectivity index (χ0n) is 19.7. The Balaban J connectivity index is 1.78. The van der Waals surface area contributed by atoms with Gasteiger partial charge < -0.3 is 10.5 Å². The highest BCUT2D eigenvalue weighted by atomic mass is 35.5. The van der Waals surface area contributed by atoms with Gasteiger partial charge >= 0.3 is 5.69 Å². The van der Waals surface area contributed by atoms with Crippen LogP contribution in [0.1, 0.15) is 23.2 Å². The summed E-state index contributed by atoms with van der Waals surface area (Å²) in [6.07, 6.45) is 0. The molecule has 0 fully saturated rings. The van der Waals surface area contributed by atoms with E-state index in [0.29, 0.717) is 26.4 Å². The van der Waals surface area contributed by atoms with Gasteiger partial charge in [0, 0.05) is 33.0 Å². The lowest BCUT2D eigenvalue weighted by atomic mass is 10.0. The van der Waals surface area contributed by atoms with Crippen LogP contribution >= 0.6 is 35.0 Å². The molecule has 1 aliphatic rings. The first kappa shape index (κ1) is 25.6. The molecule has 0 saturated carbocycles. The molecule has 2 heterocycles. The molecule has 3 aromatic carbocycles. The summed E-state index contributed by atoms with van der Waals surface area (Å²) in [6, 6.07) is 17.6. The quantitative estimate of drug-likeness (QED) is 0.315. The number of nitrogens with two attached hydrogens (primary N) is 1. The summed E-state index contributed by atoms with van der Waals surface area (Å²) in [4.78, 5) is 27.8. The Kier molecular flexibility index (Phi) is 7.18. The number of hydrogen-bond donors (Lipinski definition) is 1. The molecule has 0 radical (unpaired) electrons. The van der Waals surface area contributed by atoms with Gasteiger partial charge in [-0.25, -0.2) is 9.18 Å². The Bertz CT molecular complexity index is 1590. The third-order valence-corrected chi connectivity index (χ3v) is 8.23. The molecule has 0 spiro atoms. The van der Waals surface area contributed by atoms with Crippen LogP contribution in [0.15, 0.2) is 81.3 Å². The first-order valence-corrected chi connectivity index (χ1v) is 13.2. The van der Waals surface area contributed by atoms with Gasteiger partial charge in [-0.1, -0.05) is 71.7 Å². The van der Waals surface area contributed by atoms with E-state index in [9.17, 15) is 9.59 Å². The maximum atomic E-state index is 15.5. The number of benzene rings is 3. The Morgan fingerprint density at radius 2 is 1.73 bits per heavy atom. The molecule has 1 aromatic heterocycles. The molecule has 5 rings (SSSR count). The van der Waals surface area contributed by atoms with Gasteiger partial charge in [-0.05, 0) is 23.8 Å². The van der Waals surface area contributed by atoms with Gasteiger partial charge in [0.15, 0.2) is 11.6 Å². The molecular weight excluding hydrogens is 536 g/mol.